The predicted molar refractivity (Wildman–Crippen MR) is 75.6 cm³/mol. The van der Waals surface area contributed by atoms with Gasteiger partial charge in [-0.05, 0) is 31.0 Å². The zero-order valence-electron chi connectivity index (χ0n) is 11.2. The highest BCUT2D eigenvalue weighted by Crippen LogP contribution is 2.38. The van der Waals surface area contributed by atoms with Crippen molar-refractivity contribution >= 4 is 11.6 Å². The molecule has 0 atom stereocenters. The molecule has 0 spiro atoms. The third-order valence-electron chi connectivity index (χ3n) is 3.69. The molecule has 1 fully saturated rings. The number of carbonyl (C=O) groups excluding carboxylic acids is 1. The lowest BCUT2D eigenvalue weighted by atomic mass is 9.88. The normalized spacial score (nSPS) is 16.5. The van der Waals surface area contributed by atoms with Gasteiger partial charge in [-0.25, -0.2) is 0 Å². The topological polar surface area (TPSA) is 49.3 Å². The zero-order valence-corrected chi connectivity index (χ0v) is 11.2. The van der Waals surface area contributed by atoms with Crippen LogP contribution in [0.5, 0.6) is 0 Å². The number of hydrogen-bond acceptors (Lipinski definition) is 2. The minimum absolute atomic E-state index is 0.0947. The van der Waals surface area contributed by atoms with Crippen LogP contribution in [0.4, 0.5) is 5.69 Å². The Bertz CT molecular complexity index is 519. The molecule has 3 nitrogen and oxygen atoms in total. The summed E-state index contributed by atoms with van der Waals surface area (Å²) in [5.74, 6) is 5.53. The van der Waals surface area contributed by atoms with E-state index in [1.807, 2.05) is 31.2 Å². The average Bonchev–Trinajstić information content (AvgIpc) is 2.85. The van der Waals surface area contributed by atoms with Crippen molar-refractivity contribution in [2.45, 2.75) is 32.6 Å². The van der Waals surface area contributed by atoms with Gasteiger partial charge in [0.1, 0.15) is 6.61 Å². The maximum atomic E-state index is 12.3. The van der Waals surface area contributed by atoms with Crippen LogP contribution in [0.3, 0.4) is 0 Å². The maximum absolute atomic E-state index is 12.3. The summed E-state index contributed by atoms with van der Waals surface area (Å²) in [7, 11) is 0. The van der Waals surface area contributed by atoms with E-state index in [-0.39, 0.29) is 17.9 Å². The monoisotopic (exact) mass is 257 g/mol. The molecule has 1 aromatic rings. The highest BCUT2D eigenvalue weighted by molar-refractivity contribution is 5.95. The van der Waals surface area contributed by atoms with Crippen LogP contribution < -0.4 is 5.32 Å². The van der Waals surface area contributed by atoms with Crippen molar-refractivity contribution in [3.05, 3.63) is 29.8 Å². The number of rotatable bonds is 2. The Morgan fingerprint density at radius 2 is 2.16 bits per heavy atom. The standard InChI is InChI=1S/C16H19NO2/c1-16(9-2-3-10-16)15(19)17-14-8-4-6-13(12-14)7-5-11-18/h4,6,8,12,18H,2-3,9-11H2,1H3,(H,17,19). The molecule has 2 N–H and O–H groups in total. The average molecular weight is 257 g/mol. The van der Waals surface area contributed by atoms with Crippen molar-refractivity contribution in [2.75, 3.05) is 11.9 Å². The van der Waals surface area contributed by atoms with Gasteiger partial charge in [-0.15, -0.1) is 0 Å². The first-order valence-electron chi connectivity index (χ1n) is 6.65. The number of anilines is 1. The molecule has 1 amide bonds. The number of hydrogen-bond donors (Lipinski definition) is 2. The largest absolute Gasteiger partial charge is 0.384 e. The number of amides is 1. The smallest absolute Gasteiger partial charge is 0.230 e. The van der Waals surface area contributed by atoms with Crippen molar-refractivity contribution < 1.29 is 9.90 Å². The maximum Gasteiger partial charge on any atom is 0.230 e. The quantitative estimate of drug-likeness (QED) is 0.800. The van der Waals surface area contributed by atoms with Crippen LogP contribution in [0.15, 0.2) is 24.3 Å². The second-order valence-electron chi connectivity index (χ2n) is 5.26. The van der Waals surface area contributed by atoms with Crippen molar-refractivity contribution in [1.29, 1.82) is 0 Å². The summed E-state index contributed by atoms with van der Waals surface area (Å²) < 4.78 is 0. The van der Waals surface area contributed by atoms with E-state index in [9.17, 15) is 4.79 Å². The van der Waals surface area contributed by atoms with E-state index in [0.717, 1.165) is 36.9 Å². The third kappa shape index (κ3) is 3.36. The minimum Gasteiger partial charge on any atom is -0.384 e. The molecule has 0 aromatic heterocycles. The van der Waals surface area contributed by atoms with Gasteiger partial charge in [-0.2, -0.15) is 0 Å². The van der Waals surface area contributed by atoms with Crippen molar-refractivity contribution in [3.8, 4) is 11.8 Å². The van der Waals surface area contributed by atoms with Gasteiger partial charge in [0.2, 0.25) is 5.91 Å². The van der Waals surface area contributed by atoms with E-state index in [4.69, 9.17) is 5.11 Å². The lowest BCUT2D eigenvalue weighted by Gasteiger charge is -2.22. The lowest BCUT2D eigenvalue weighted by molar-refractivity contribution is -0.124. The summed E-state index contributed by atoms with van der Waals surface area (Å²) >= 11 is 0. The third-order valence-corrected chi connectivity index (χ3v) is 3.69. The highest BCUT2D eigenvalue weighted by atomic mass is 16.2. The summed E-state index contributed by atoms with van der Waals surface area (Å²) in [6.45, 7) is 1.87. The second kappa shape index (κ2) is 5.90. The molecule has 2 rings (SSSR count). The number of aliphatic hydroxyl groups excluding tert-OH is 1. The molecule has 0 saturated heterocycles. The number of aliphatic hydroxyl groups is 1. The zero-order chi connectivity index (χ0) is 13.7. The number of benzene rings is 1. The van der Waals surface area contributed by atoms with Crippen LogP contribution in [-0.4, -0.2) is 17.6 Å². The predicted octanol–water partition coefficient (Wildman–Crippen LogP) is 2.55. The van der Waals surface area contributed by atoms with Gasteiger partial charge in [0, 0.05) is 16.7 Å². The second-order valence-corrected chi connectivity index (χ2v) is 5.26. The van der Waals surface area contributed by atoms with E-state index < -0.39 is 0 Å². The number of nitrogens with one attached hydrogen (secondary N) is 1. The van der Waals surface area contributed by atoms with Crippen LogP contribution in [0.1, 0.15) is 38.2 Å². The summed E-state index contributed by atoms with van der Waals surface area (Å²) in [5, 5.41) is 11.6. The van der Waals surface area contributed by atoms with Crippen LogP contribution in [0, 0.1) is 17.3 Å². The Hall–Kier alpha value is -1.79. The van der Waals surface area contributed by atoms with Crippen LogP contribution in [-0.2, 0) is 4.79 Å². The molecule has 0 heterocycles. The van der Waals surface area contributed by atoms with Crippen LogP contribution in [0.2, 0.25) is 0 Å². The first-order chi connectivity index (χ1) is 9.14. The molecule has 1 aromatic carbocycles. The fraction of sp³-hybridized carbons (Fsp3) is 0.438. The Labute approximate surface area is 114 Å². The van der Waals surface area contributed by atoms with Gasteiger partial charge in [0.25, 0.3) is 0 Å². The Morgan fingerprint density at radius 3 is 2.84 bits per heavy atom. The van der Waals surface area contributed by atoms with Gasteiger partial charge in [-0.1, -0.05) is 37.7 Å². The van der Waals surface area contributed by atoms with Crippen molar-refractivity contribution in [1.82, 2.24) is 0 Å². The van der Waals surface area contributed by atoms with E-state index in [1.165, 1.54) is 0 Å². The van der Waals surface area contributed by atoms with E-state index >= 15 is 0 Å². The Kier molecular flexibility index (Phi) is 4.24. The fourth-order valence-electron chi connectivity index (χ4n) is 2.48. The lowest BCUT2D eigenvalue weighted by Crippen LogP contribution is -2.30. The Balaban J connectivity index is 2.08. The molecule has 1 aliphatic rings. The molecule has 3 heteroatoms. The summed E-state index contributed by atoms with van der Waals surface area (Å²) in [4.78, 5) is 12.3. The molecule has 1 saturated carbocycles. The summed E-state index contributed by atoms with van der Waals surface area (Å²) in [6, 6.07) is 7.41. The molecular formula is C16H19NO2. The van der Waals surface area contributed by atoms with Gasteiger partial charge in [0.15, 0.2) is 0 Å². The van der Waals surface area contributed by atoms with Gasteiger partial charge in [-0.3, -0.25) is 4.79 Å². The molecule has 100 valence electrons. The molecule has 0 bridgehead atoms. The van der Waals surface area contributed by atoms with Crippen LogP contribution >= 0.6 is 0 Å². The van der Waals surface area contributed by atoms with Crippen molar-refractivity contribution in [3.63, 3.8) is 0 Å². The van der Waals surface area contributed by atoms with Crippen molar-refractivity contribution in [2.24, 2.45) is 5.41 Å². The molecule has 19 heavy (non-hydrogen) atoms. The van der Waals surface area contributed by atoms with E-state index in [2.05, 4.69) is 17.2 Å². The Morgan fingerprint density at radius 1 is 1.42 bits per heavy atom. The molecule has 1 aliphatic carbocycles. The molecule has 0 unspecified atom stereocenters. The van der Waals surface area contributed by atoms with Gasteiger partial charge < -0.3 is 10.4 Å². The molecular weight excluding hydrogens is 238 g/mol. The van der Waals surface area contributed by atoms with Gasteiger partial charge in [0.05, 0.1) is 0 Å². The fourth-order valence-corrected chi connectivity index (χ4v) is 2.48. The molecule has 0 radical (unpaired) electrons. The number of carbonyl (C=O) groups is 1. The van der Waals surface area contributed by atoms with Crippen LogP contribution in [0.25, 0.3) is 0 Å². The summed E-state index contributed by atoms with van der Waals surface area (Å²) in [6.07, 6.45) is 4.18. The van der Waals surface area contributed by atoms with E-state index in [1.54, 1.807) is 0 Å². The van der Waals surface area contributed by atoms with Gasteiger partial charge >= 0.3 is 0 Å². The molecule has 0 aliphatic heterocycles. The first kappa shape index (κ1) is 13.6. The highest BCUT2D eigenvalue weighted by Gasteiger charge is 2.36. The SMILES string of the molecule is CC1(C(=O)Nc2cccc(C#CCO)c2)CCCC1. The minimum atomic E-state index is -0.229. The first-order valence-corrected chi connectivity index (χ1v) is 6.65. The van der Waals surface area contributed by atoms with E-state index in [0.29, 0.717) is 0 Å². The summed E-state index contributed by atoms with van der Waals surface area (Å²) in [5.41, 5.74) is 1.33.